The second-order valence-corrected chi connectivity index (χ2v) is 6.95. The Hall–Kier alpha value is -3.45. The Bertz CT molecular complexity index is 1330. The standard InChI is InChI=1S/C22H18ClN3O4/c1-3-26-21(27)17-7-5-4-6-16(17)19(25-26)22(28)30-12-14-10-13-8-9-15(29-2)11-18(13)24-20(14)23/h4-11H,3,12H2,1-2H3. The maximum absolute atomic E-state index is 12.8. The lowest BCUT2D eigenvalue weighted by atomic mass is 10.1. The fourth-order valence-electron chi connectivity index (χ4n) is 3.21. The Morgan fingerprint density at radius 2 is 1.90 bits per heavy atom. The number of esters is 1. The zero-order valence-electron chi connectivity index (χ0n) is 16.4. The van der Waals surface area contributed by atoms with E-state index in [0.717, 1.165) is 5.39 Å². The smallest absolute Gasteiger partial charge is 0.359 e. The predicted molar refractivity (Wildman–Crippen MR) is 114 cm³/mol. The van der Waals surface area contributed by atoms with Gasteiger partial charge in [-0.15, -0.1) is 0 Å². The first-order valence-electron chi connectivity index (χ1n) is 9.32. The molecule has 152 valence electrons. The summed E-state index contributed by atoms with van der Waals surface area (Å²) in [5, 5.41) is 6.14. The molecule has 0 aliphatic rings. The number of halogens is 1. The van der Waals surface area contributed by atoms with Gasteiger partial charge >= 0.3 is 5.97 Å². The number of carbonyl (C=O) groups excluding carboxylic acids is 1. The lowest BCUT2D eigenvalue weighted by Crippen LogP contribution is -2.25. The van der Waals surface area contributed by atoms with Crippen LogP contribution in [0.15, 0.2) is 53.3 Å². The minimum atomic E-state index is -0.640. The van der Waals surface area contributed by atoms with E-state index in [1.807, 2.05) is 18.2 Å². The number of pyridine rings is 1. The van der Waals surface area contributed by atoms with Gasteiger partial charge in [0.1, 0.15) is 17.5 Å². The van der Waals surface area contributed by atoms with Crippen LogP contribution in [0.1, 0.15) is 23.0 Å². The van der Waals surface area contributed by atoms with E-state index in [9.17, 15) is 9.59 Å². The minimum absolute atomic E-state index is 0.0755. The Labute approximate surface area is 176 Å². The van der Waals surface area contributed by atoms with Gasteiger partial charge in [0.15, 0.2) is 5.69 Å². The van der Waals surface area contributed by atoms with Crippen molar-refractivity contribution < 1.29 is 14.3 Å². The van der Waals surface area contributed by atoms with Crippen molar-refractivity contribution in [2.75, 3.05) is 7.11 Å². The van der Waals surface area contributed by atoms with Crippen molar-refractivity contribution in [3.05, 3.63) is 75.3 Å². The van der Waals surface area contributed by atoms with Crippen LogP contribution in [-0.4, -0.2) is 27.8 Å². The van der Waals surface area contributed by atoms with Crippen molar-refractivity contribution >= 4 is 39.2 Å². The average molecular weight is 424 g/mol. The van der Waals surface area contributed by atoms with Crippen LogP contribution in [0.5, 0.6) is 5.75 Å². The number of aryl methyl sites for hydroxylation is 1. The molecule has 0 bridgehead atoms. The zero-order chi connectivity index (χ0) is 21.3. The number of carbonyl (C=O) groups is 1. The van der Waals surface area contributed by atoms with Crippen molar-refractivity contribution in [3.63, 3.8) is 0 Å². The number of methoxy groups -OCH3 is 1. The molecule has 2 heterocycles. The van der Waals surface area contributed by atoms with Crippen molar-refractivity contribution in [1.29, 1.82) is 0 Å². The van der Waals surface area contributed by atoms with E-state index < -0.39 is 5.97 Å². The summed E-state index contributed by atoms with van der Waals surface area (Å²) < 4.78 is 11.9. The van der Waals surface area contributed by atoms with Crippen LogP contribution < -0.4 is 10.3 Å². The van der Waals surface area contributed by atoms with E-state index >= 15 is 0 Å². The molecule has 2 aromatic carbocycles. The van der Waals surface area contributed by atoms with E-state index in [4.69, 9.17) is 21.1 Å². The van der Waals surface area contributed by atoms with Crippen LogP contribution >= 0.6 is 11.6 Å². The van der Waals surface area contributed by atoms with Crippen molar-refractivity contribution in [1.82, 2.24) is 14.8 Å². The number of hydrogen-bond donors (Lipinski definition) is 0. The molecule has 4 rings (SSSR count). The monoisotopic (exact) mass is 423 g/mol. The van der Waals surface area contributed by atoms with Crippen molar-refractivity contribution in [2.24, 2.45) is 0 Å². The van der Waals surface area contributed by atoms with Crippen LogP contribution in [0.2, 0.25) is 5.15 Å². The fraction of sp³-hybridized carbons (Fsp3) is 0.182. The maximum atomic E-state index is 12.8. The SMILES string of the molecule is CCn1nc(C(=O)OCc2cc3ccc(OC)cc3nc2Cl)c2ccccc2c1=O. The van der Waals surface area contributed by atoms with Crippen molar-refractivity contribution in [2.45, 2.75) is 20.1 Å². The van der Waals surface area contributed by atoms with Gasteiger partial charge in [-0.25, -0.2) is 14.5 Å². The Morgan fingerprint density at radius 1 is 1.13 bits per heavy atom. The lowest BCUT2D eigenvalue weighted by molar-refractivity contribution is 0.0465. The predicted octanol–water partition coefficient (Wildman–Crippen LogP) is 3.98. The third-order valence-corrected chi connectivity index (χ3v) is 5.10. The lowest BCUT2D eigenvalue weighted by Gasteiger charge is -2.11. The van der Waals surface area contributed by atoms with Crippen LogP contribution in [0.25, 0.3) is 21.7 Å². The van der Waals surface area contributed by atoms with E-state index in [0.29, 0.717) is 34.1 Å². The topological polar surface area (TPSA) is 83.3 Å². The van der Waals surface area contributed by atoms with E-state index in [1.165, 1.54) is 4.68 Å². The molecule has 0 unspecified atom stereocenters. The molecular weight excluding hydrogens is 406 g/mol. The van der Waals surface area contributed by atoms with Gasteiger partial charge < -0.3 is 9.47 Å². The Morgan fingerprint density at radius 3 is 2.63 bits per heavy atom. The molecule has 2 aromatic heterocycles. The fourth-order valence-corrected chi connectivity index (χ4v) is 3.41. The highest BCUT2D eigenvalue weighted by atomic mass is 35.5. The molecule has 0 aliphatic heterocycles. The van der Waals surface area contributed by atoms with Gasteiger partial charge in [0.2, 0.25) is 0 Å². The van der Waals surface area contributed by atoms with Gasteiger partial charge in [-0.2, -0.15) is 5.10 Å². The molecule has 0 fully saturated rings. The van der Waals surface area contributed by atoms with Crippen LogP contribution in [0.4, 0.5) is 0 Å². The summed E-state index contributed by atoms with van der Waals surface area (Å²) in [6, 6.07) is 14.1. The largest absolute Gasteiger partial charge is 0.497 e. The summed E-state index contributed by atoms with van der Waals surface area (Å²) in [6.07, 6.45) is 0. The summed E-state index contributed by atoms with van der Waals surface area (Å²) in [6.45, 7) is 2.05. The maximum Gasteiger partial charge on any atom is 0.359 e. The first-order chi connectivity index (χ1) is 14.5. The molecule has 0 saturated carbocycles. The molecule has 0 amide bonds. The molecule has 30 heavy (non-hydrogen) atoms. The molecule has 0 spiro atoms. The second kappa shape index (κ2) is 8.12. The van der Waals surface area contributed by atoms with Gasteiger partial charge in [0.25, 0.3) is 5.56 Å². The van der Waals surface area contributed by atoms with Crippen molar-refractivity contribution in [3.8, 4) is 5.75 Å². The number of nitrogens with zero attached hydrogens (tertiary/aromatic N) is 3. The molecule has 8 heteroatoms. The van der Waals surface area contributed by atoms with Crippen LogP contribution in [0, 0.1) is 0 Å². The van der Waals surface area contributed by atoms with Gasteiger partial charge in [-0.1, -0.05) is 29.8 Å². The van der Waals surface area contributed by atoms with E-state index in [2.05, 4.69) is 10.1 Å². The highest BCUT2D eigenvalue weighted by Crippen LogP contribution is 2.25. The highest BCUT2D eigenvalue weighted by molar-refractivity contribution is 6.30. The number of benzene rings is 2. The molecule has 0 radical (unpaired) electrons. The summed E-state index contributed by atoms with van der Waals surface area (Å²) in [5.41, 5.74) is 1.08. The third-order valence-electron chi connectivity index (χ3n) is 4.77. The zero-order valence-corrected chi connectivity index (χ0v) is 17.1. The van der Waals surface area contributed by atoms with Crippen LogP contribution in [-0.2, 0) is 17.9 Å². The number of aromatic nitrogens is 3. The summed E-state index contributed by atoms with van der Waals surface area (Å²) in [7, 11) is 1.58. The molecule has 4 aromatic rings. The molecule has 0 N–H and O–H groups in total. The number of fused-ring (bicyclic) bond motifs is 2. The average Bonchev–Trinajstić information content (AvgIpc) is 2.77. The Balaban J connectivity index is 1.65. The molecule has 0 saturated heterocycles. The number of rotatable bonds is 5. The molecule has 7 nitrogen and oxygen atoms in total. The van der Waals surface area contributed by atoms with Crippen LogP contribution in [0.3, 0.4) is 0 Å². The van der Waals surface area contributed by atoms with E-state index in [-0.39, 0.29) is 23.0 Å². The van der Waals surface area contributed by atoms with E-state index in [1.54, 1.807) is 44.4 Å². The molecule has 0 aliphatic carbocycles. The quantitative estimate of drug-likeness (QED) is 0.356. The normalized spacial score (nSPS) is 11.0. The highest BCUT2D eigenvalue weighted by Gasteiger charge is 2.18. The number of hydrogen-bond acceptors (Lipinski definition) is 6. The summed E-state index contributed by atoms with van der Waals surface area (Å²) in [4.78, 5) is 29.6. The van der Waals surface area contributed by atoms with Gasteiger partial charge in [0, 0.05) is 28.9 Å². The second-order valence-electron chi connectivity index (χ2n) is 6.59. The first-order valence-corrected chi connectivity index (χ1v) is 9.69. The minimum Gasteiger partial charge on any atom is -0.497 e. The third kappa shape index (κ3) is 3.59. The molecule has 0 atom stereocenters. The summed E-state index contributed by atoms with van der Waals surface area (Å²) >= 11 is 6.29. The van der Waals surface area contributed by atoms with Gasteiger partial charge in [-0.3, -0.25) is 4.79 Å². The summed E-state index contributed by atoms with van der Waals surface area (Å²) in [5.74, 6) is 0.0357. The van der Waals surface area contributed by atoms with Gasteiger partial charge in [0.05, 0.1) is 18.0 Å². The number of ether oxygens (including phenoxy) is 2. The Kier molecular flexibility index (Phi) is 5.37. The first kappa shape index (κ1) is 19.8. The van der Waals surface area contributed by atoms with Gasteiger partial charge in [-0.05, 0) is 31.2 Å². The molecular formula is C22H18ClN3O4.